The van der Waals surface area contributed by atoms with Gasteiger partial charge in [0.2, 0.25) is 5.91 Å². The van der Waals surface area contributed by atoms with Gasteiger partial charge in [0, 0.05) is 22.8 Å². The maximum absolute atomic E-state index is 11.8. The quantitative estimate of drug-likeness (QED) is 0.639. The number of anilines is 1. The fourth-order valence-electron chi connectivity index (χ4n) is 1.84. The lowest BCUT2D eigenvalue weighted by molar-refractivity contribution is -0.136. The number of hydrogen-bond donors (Lipinski definition) is 2. The average Bonchev–Trinajstić information content (AvgIpc) is 2.59. The molecule has 1 heterocycles. The number of hydrogen-bond acceptors (Lipinski definition) is 4. The SMILES string of the molecule is CN1C(=O)CC(Nc2ccc(C(N)=S)cc2Br)C1=O. The minimum absolute atomic E-state index is 0.166. The maximum Gasteiger partial charge on any atom is 0.251 e. The number of carbonyl (C=O) groups is 2. The number of rotatable bonds is 3. The van der Waals surface area contributed by atoms with Crippen LogP contribution in [0.15, 0.2) is 22.7 Å². The molecule has 1 saturated heterocycles. The first-order valence-corrected chi connectivity index (χ1v) is 6.76. The molecular formula is C12H12BrN3O2S. The topological polar surface area (TPSA) is 75.4 Å². The summed E-state index contributed by atoms with van der Waals surface area (Å²) in [5.74, 6) is -0.409. The Morgan fingerprint density at radius 3 is 2.68 bits per heavy atom. The van der Waals surface area contributed by atoms with Gasteiger partial charge in [0.1, 0.15) is 11.0 Å². The van der Waals surface area contributed by atoms with Crippen LogP contribution in [-0.4, -0.2) is 34.8 Å². The number of imide groups is 1. The van der Waals surface area contributed by atoms with E-state index in [-0.39, 0.29) is 18.2 Å². The molecule has 1 aliphatic heterocycles. The molecule has 0 aliphatic carbocycles. The van der Waals surface area contributed by atoms with Gasteiger partial charge in [0.15, 0.2) is 0 Å². The Bertz CT molecular complexity index is 576. The number of carbonyl (C=O) groups excluding carboxylic acids is 2. The molecule has 19 heavy (non-hydrogen) atoms. The van der Waals surface area contributed by atoms with Crippen molar-refractivity contribution in [1.82, 2.24) is 4.90 Å². The molecule has 1 aliphatic rings. The molecule has 0 radical (unpaired) electrons. The third-order valence-electron chi connectivity index (χ3n) is 2.96. The Morgan fingerprint density at radius 1 is 1.53 bits per heavy atom. The van der Waals surface area contributed by atoms with Gasteiger partial charge < -0.3 is 11.1 Å². The van der Waals surface area contributed by atoms with E-state index in [1.165, 1.54) is 7.05 Å². The molecule has 1 fully saturated rings. The molecule has 2 amide bonds. The largest absolute Gasteiger partial charge is 0.389 e. The number of nitrogens with zero attached hydrogens (tertiary/aromatic N) is 1. The van der Waals surface area contributed by atoms with Gasteiger partial charge in [0.05, 0.1) is 6.42 Å². The summed E-state index contributed by atoms with van der Waals surface area (Å²) in [6.07, 6.45) is 0.166. The predicted molar refractivity (Wildman–Crippen MR) is 79.8 cm³/mol. The summed E-state index contributed by atoms with van der Waals surface area (Å²) in [4.78, 5) is 24.7. The summed E-state index contributed by atoms with van der Waals surface area (Å²) in [5, 5.41) is 3.04. The van der Waals surface area contributed by atoms with Crippen LogP contribution >= 0.6 is 28.1 Å². The zero-order valence-electron chi connectivity index (χ0n) is 10.1. The molecule has 5 nitrogen and oxygen atoms in total. The number of amides is 2. The summed E-state index contributed by atoms with van der Waals surface area (Å²) >= 11 is 8.27. The number of benzene rings is 1. The van der Waals surface area contributed by atoms with Crippen LogP contribution in [0.4, 0.5) is 5.69 Å². The fourth-order valence-corrected chi connectivity index (χ4v) is 2.46. The van der Waals surface area contributed by atoms with E-state index < -0.39 is 6.04 Å². The van der Waals surface area contributed by atoms with Crippen molar-refractivity contribution in [1.29, 1.82) is 0 Å². The smallest absolute Gasteiger partial charge is 0.251 e. The second-order valence-electron chi connectivity index (χ2n) is 4.25. The van der Waals surface area contributed by atoms with Crippen LogP contribution in [0.1, 0.15) is 12.0 Å². The predicted octanol–water partition coefficient (Wildman–Crippen LogP) is 1.25. The molecule has 0 aromatic heterocycles. The first-order valence-electron chi connectivity index (χ1n) is 5.56. The van der Waals surface area contributed by atoms with E-state index in [2.05, 4.69) is 21.2 Å². The molecule has 0 bridgehead atoms. The first kappa shape index (κ1) is 14.0. The normalized spacial score (nSPS) is 18.8. The van der Waals surface area contributed by atoms with Crippen LogP contribution in [0.5, 0.6) is 0 Å². The van der Waals surface area contributed by atoms with E-state index in [0.29, 0.717) is 4.99 Å². The van der Waals surface area contributed by atoms with Gasteiger partial charge >= 0.3 is 0 Å². The Kier molecular flexibility index (Phi) is 3.86. The van der Waals surface area contributed by atoms with Crippen LogP contribution in [0.25, 0.3) is 0 Å². The lowest BCUT2D eigenvalue weighted by Crippen LogP contribution is -2.31. The number of likely N-dealkylation sites (tertiary alicyclic amines) is 1. The van der Waals surface area contributed by atoms with Crippen LogP contribution in [0.3, 0.4) is 0 Å². The third kappa shape index (κ3) is 2.76. The highest BCUT2D eigenvalue weighted by molar-refractivity contribution is 9.10. The van der Waals surface area contributed by atoms with Gasteiger partial charge in [-0.15, -0.1) is 0 Å². The third-order valence-corrected chi connectivity index (χ3v) is 3.86. The highest BCUT2D eigenvalue weighted by atomic mass is 79.9. The molecule has 100 valence electrons. The van der Waals surface area contributed by atoms with Crippen molar-refractivity contribution >= 4 is 50.6 Å². The van der Waals surface area contributed by atoms with Crippen molar-refractivity contribution in [3.05, 3.63) is 28.2 Å². The number of likely N-dealkylation sites (N-methyl/N-ethyl adjacent to an activating group) is 1. The van der Waals surface area contributed by atoms with E-state index in [1.54, 1.807) is 18.2 Å². The van der Waals surface area contributed by atoms with Crippen molar-refractivity contribution in [3.8, 4) is 0 Å². The van der Waals surface area contributed by atoms with Crippen molar-refractivity contribution in [2.45, 2.75) is 12.5 Å². The molecule has 3 N–H and O–H groups in total. The van der Waals surface area contributed by atoms with E-state index >= 15 is 0 Å². The Labute approximate surface area is 124 Å². The highest BCUT2D eigenvalue weighted by Crippen LogP contribution is 2.26. The minimum atomic E-state index is -0.524. The van der Waals surface area contributed by atoms with Crippen LogP contribution in [0.2, 0.25) is 0 Å². The van der Waals surface area contributed by atoms with Gasteiger partial charge in [-0.3, -0.25) is 14.5 Å². The molecule has 0 saturated carbocycles. The lowest BCUT2D eigenvalue weighted by atomic mass is 10.2. The van der Waals surface area contributed by atoms with E-state index in [1.807, 2.05) is 0 Å². The number of nitrogens with one attached hydrogen (secondary N) is 1. The summed E-state index contributed by atoms with van der Waals surface area (Å²) in [6, 6.07) is 4.79. The Balaban J connectivity index is 2.19. The second-order valence-corrected chi connectivity index (χ2v) is 5.55. The zero-order chi connectivity index (χ0) is 14.2. The van der Waals surface area contributed by atoms with Crippen molar-refractivity contribution < 1.29 is 9.59 Å². The van der Waals surface area contributed by atoms with Gasteiger partial charge in [-0.25, -0.2) is 0 Å². The van der Waals surface area contributed by atoms with Crippen LogP contribution in [-0.2, 0) is 9.59 Å². The van der Waals surface area contributed by atoms with Crippen molar-refractivity contribution in [3.63, 3.8) is 0 Å². The molecule has 1 aromatic rings. The highest BCUT2D eigenvalue weighted by Gasteiger charge is 2.36. The monoisotopic (exact) mass is 341 g/mol. The zero-order valence-corrected chi connectivity index (χ0v) is 12.5. The summed E-state index contributed by atoms with van der Waals surface area (Å²) in [5.41, 5.74) is 7.00. The summed E-state index contributed by atoms with van der Waals surface area (Å²) in [7, 11) is 1.48. The second kappa shape index (κ2) is 5.26. The van der Waals surface area contributed by atoms with Crippen LogP contribution in [0, 0.1) is 0 Å². The van der Waals surface area contributed by atoms with Crippen LogP contribution < -0.4 is 11.1 Å². The van der Waals surface area contributed by atoms with E-state index in [9.17, 15) is 9.59 Å². The minimum Gasteiger partial charge on any atom is -0.389 e. The molecule has 7 heteroatoms. The number of halogens is 1. The molecule has 2 rings (SSSR count). The van der Waals surface area contributed by atoms with Crippen molar-refractivity contribution in [2.75, 3.05) is 12.4 Å². The first-order chi connectivity index (χ1) is 8.90. The lowest BCUT2D eigenvalue weighted by Gasteiger charge is -2.14. The molecular weight excluding hydrogens is 330 g/mol. The van der Waals surface area contributed by atoms with E-state index in [0.717, 1.165) is 20.6 Å². The number of thiocarbonyl (C=S) groups is 1. The van der Waals surface area contributed by atoms with Gasteiger partial charge in [0.25, 0.3) is 5.91 Å². The van der Waals surface area contributed by atoms with Gasteiger partial charge in [-0.05, 0) is 34.1 Å². The number of nitrogens with two attached hydrogens (primary N) is 1. The van der Waals surface area contributed by atoms with Crippen molar-refractivity contribution in [2.24, 2.45) is 5.73 Å². The fraction of sp³-hybridized carbons (Fsp3) is 0.250. The molecule has 1 unspecified atom stereocenters. The summed E-state index contributed by atoms with van der Waals surface area (Å²) < 4.78 is 0.743. The average molecular weight is 342 g/mol. The molecule has 1 atom stereocenters. The van der Waals surface area contributed by atoms with Gasteiger partial charge in [-0.2, -0.15) is 0 Å². The Morgan fingerprint density at radius 2 is 2.21 bits per heavy atom. The molecule has 0 spiro atoms. The summed E-state index contributed by atoms with van der Waals surface area (Å²) in [6.45, 7) is 0. The maximum atomic E-state index is 11.8. The standard InChI is InChI=1S/C12H12BrN3O2S/c1-16-10(17)5-9(12(16)18)15-8-3-2-6(11(14)19)4-7(8)13/h2-4,9,15H,5H2,1H3,(H2,14,19). The Hall–Kier alpha value is -1.47. The molecule has 1 aromatic carbocycles. The van der Waals surface area contributed by atoms with Gasteiger partial charge in [-0.1, -0.05) is 12.2 Å². The van der Waals surface area contributed by atoms with E-state index in [4.69, 9.17) is 18.0 Å².